The van der Waals surface area contributed by atoms with Gasteiger partial charge in [0, 0.05) is 5.02 Å². The number of hydrogen-bond donors (Lipinski definition) is 0. The Kier molecular flexibility index (Phi) is 3.95. The molecule has 0 N–H and O–H groups in total. The minimum absolute atomic E-state index is 0.0571. The smallest absolute Gasteiger partial charge is 0.417 e. The van der Waals surface area contributed by atoms with Crippen LogP contribution in [0.15, 0.2) is 36.4 Å². The average Bonchev–Trinajstić information content (AvgIpc) is 2.38. The van der Waals surface area contributed by atoms with Crippen LogP contribution in [0.2, 0.25) is 5.02 Å². The predicted octanol–water partition coefficient (Wildman–Crippen LogP) is 5.34. The molecule has 0 radical (unpaired) electrons. The van der Waals surface area contributed by atoms with Gasteiger partial charge in [0.05, 0.1) is 12.7 Å². The molecule has 2 rings (SSSR count). The van der Waals surface area contributed by atoms with Crippen LogP contribution in [0.3, 0.4) is 0 Å². The van der Waals surface area contributed by atoms with Gasteiger partial charge in [-0.3, -0.25) is 0 Å². The summed E-state index contributed by atoms with van der Waals surface area (Å²) in [5.41, 5.74) is 0.562. The maximum Gasteiger partial charge on any atom is 0.417 e. The third-order valence-electron chi connectivity index (χ3n) is 3.02. The number of benzene rings is 2. The van der Waals surface area contributed by atoms with Crippen LogP contribution in [-0.4, -0.2) is 7.11 Å². The largest absolute Gasteiger partial charge is 0.497 e. The molecule has 0 aliphatic carbocycles. The highest BCUT2D eigenvalue weighted by Crippen LogP contribution is 2.40. The molecule has 0 saturated carbocycles. The first kappa shape index (κ1) is 14.7. The Balaban J connectivity index is 2.69. The van der Waals surface area contributed by atoms with Crippen molar-refractivity contribution in [2.45, 2.75) is 13.1 Å². The van der Waals surface area contributed by atoms with Crippen LogP contribution >= 0.6 is 11.6 Å². The topological polar surface area (TPSA) is 9.23 Å². The first-order valence-corrected chi connectivity index (χ1v) is 6.22. The van der Waals surface area contributed by atoms with Crippen LogP contribution in [0.1, 0.15) is 11.1 Å². The van der Waals surface area contributed by atoms with Crippen molar-refractivity contribution < 1.29 is 17.9 Å². The number of aryl methyl sites for hydroxylation is 1. The fourth-order valence-corrected chi connectivity index (χ4v) is 2.18. The van der Waals surface area contributed by atoms with Gasteiger partial charge in [0.1, 0.15) is 5.75 Å². The summed E-state index contributed by atoms with van der Waals surface area (Å²) in [6, 6.07) is 8.80. The predicted molar refractivity (Wildman–Crippen MR) is 73.2 cm³/mol. The van der Waals surface area contributed by atoms with Crippen molar-refractivity contribution in [3.05, 3.63) is 52.5 Å². The SMILES string of the molecule is COc1ccc(C)c(-c2ccc(Cl)cc2C(F)(F)F)c1. The molecule has 1 nitrogen and oxygen atoms in total. The fourth-order valence-electron chi connectivity index (χ4n) is 2.00. The Labute approximate surface area is 119 Å². The summed E-state index contributed by atoms with van der Waals surface area (Å²) >= 11 is 5.68. The minimum atomic E-state index is -4.46. The Bertz CT molecular complexity index is 636. The summed E-state index contributed by atoms with van der Waals surface area (Å²) in [4.78, 5) is 0. The summed E-state index contributed by atoms with van der Waals surface area (Å²) in [5, 5.41) is 0.0571. The van der Waals surface area contributed by atoms with E-state index in [2.05, 4.69) is 0 Å². The van der Waals surface area contributed by atoms with Gasteiger partial charge in [0.25, 0.3) is 0 Å². The molecule has 2 aromatic carbocycles. The molecule has 0 bridgehead atoms. The van der Waals surface area contributed by atoms with Crippen molar-refractivity contribution >= 4 is 11.6 Å². The Morgan fingerprint density at radius 1 is 1.00 bits per heavy atom. The number of hydrogen-bond acceptors (Lipinski definition) is 1. The highest BCUT2D eigenvalue weighted by Gasteiger charge is 2.34. The Hall–Kier alpha value is -1.68. The second-order valence-electron chi connectivity index (χ2n) is 4.37. The highest BCUT2D eigenvalue weighted by atomic mass is 35.5. The summed E-state index contributed by atoms with van der Waals surface area (Å²) in [7, 11) is 1.47. The van der Waals surface area contributed by atoms with Gasteiger partial charge < -0.3 is 4.74 Å². The van der Waals surface area contributed by atoms with Crippen molar-refractivity contribution in [2.75, 3.05) is 7.11 Å². The van der Waals surface area contributed by atoms with Crippen molar-refractivity contribution in [2.24, 2.45) is 0 Å². The average molecular weight is 301 g/mol. The molecule has 0 aliphatic rings. The lowest BCUT2D eigenvalue weighted by Gasteiger charge is -2.16. The number of ether oxygens (including phenoxy) is 1. The van der Waals surface area contributed by atoms with Crippen molar-refractivity contribution in [1.29, 1.82) is 0 Å². The summed E-state index contributed by atoms with van der Waals surface area (Å²) in [5.74, 6) is 0.508. The van der Waals surface area contributed by atoms with Crippen LogP contribution in [0.5, 0.6) is 5.75 Å². The third kappa shape index (κ3) is 2.90. The van der Waals surface area contributed by atoms with Crippen molar-refractivity contribution in [1.82, 2.24) is 0 Å². The van der Waals surface area contributed by atoms with E-state index in [1.54, 1.807) is 25.1 Å². The molecular formula is C15H12ClF3O. The van der Waals surface area contributed by atoms with E-state index in [0.717, 1.165) is 11.6 Å². The molecule has 20 heavy (non-hydrogen) atoms. The van der Waals surface area contributed by atoms with Gasteiger partial charge in [0.2, 0.25) is 0 Å². The van der Waals surface area contributed by atoms with E-state index < -0.39 is 11.7 Å². The zero-order valence-corrected chi connectivity index (χ0v) is 11.6. The summed E-state index contributed by atoms with van der Waals surface area (Å²) in [6.07, 6.45) is -4.46. The second kappa shape index (κ2) is 5.37. The lowest BCUT2D eigenvalue weighted by molar-refractivity contribution is -0.137. The second-order valence-corrected chi connectivity index (χ2v) is 4.80. The van der Waals surface area contributed by atoms with E-state index in [4.69, 9.17) is 16.3 Å². The number of methoxy groups -OCH3 is 1. The number of alkyl halides is 3. The molecule has 0 fully saturated rings. The van der Waals surface area contributed by atoms with E-state index in [0.29, 0.717) is 11.3 Å². The van der Waals surface area contributed by atoms with Crippen LogP contribution in [0.25, 0.3) is 11.1 Å². The molecule has 0 atom stereocenters. The van der Waals surface area contributed by atoms with Gasteiger partial charge in [-0.1, -0.05) is 23.7 Å². The van der Waals surface area contributed by atoms with Gasteiger partial charge in [-0.05, 0) is 47.9 Å². The molecule has 0 saturated heterocycles. The number of rotatable bonds is 2. The van der Waals surface area contributed by atoms with E-state index in [1.165, 1.54) is 19.2 Å². The quantitative estimate of drug-likeness (QED) is 0.727. The number of halogens is 4. The Morgan fingerprint density at radius 3 is 2.30 bits per heavy atom. The van der Waals surface area contributed by atoms with Gasteiger partial charge in [-0.15, -0.1) is 0 Å². The molecule has 2 aromatic rings. The van der Waals surface area contributed by atoms with E-state index >= 15 is 0 Å². The third-order valence-corrected chi connectivity index (χ3v) is 3.26. The van der Waals surface area contributed by atoms with Gasteiger partial charge >= 0.3 is 6.18 Å². The van der Waals surface area contributed by atoms with Crippen LogP contribution in [0, 0.1) is 6.92 Å². The highest BCUT2D eigenvalue weighted by molar-refractivity contribution is 6.30. The molecule has 0 spiro atoms. The summed E-state index contributed by atoms with van der Waals surface area (Å²) in [6.45, 7) is 1.75. The van der Waals surface area contributed by atoms with Gasteiger partial charge in [-0.25, -0.2) is 0 Å². The van der Waals surface area contributed by atoms with Crippen LogP contribution in [0.4, 0.5) is 13.2 Å². The zero-order chi connectivity index (χ0) is 14.9. The molecule has 0 unspecified atom stereocenters. The maximum absolute atomic E-state index is 13.1. The molecule has 0 heterocycles. The monoisotopic (exact) mass is 300 g/mol. The molecule has 106 valence electrons. The standard InChI is InChI=1S/C15H12ClF3O/c1-9-3-5-11(20-2)8-13(9)12-6-4-10(16)7-14(12)15(17,18)19/h3-8H,1-2H3. The van der Waals surface area contributed by atoms with Crippen LogP contribution in [-0.2, 0) is 6.18 Å². The first-order chi connectivity index (χ1) is 9.32. The Morgan fingerprint density at radius 2 is 1.70 bits per heavy atom. The zero-order valence-electron chi connectivity index (χ0n) is 10.9. The van der Waals surface area contributed by atoms with Crippen molar-refractivity contribution in [3.63, 3.8) is 0 Å². The maximum atomic E-state index is 13.1. The summed E-state index contributed by atoms with van der Waals surface area (Å²) < 4.78 is 44.5. The fraction of sp³-hybridized carbons (Fsp3) is 0.200. The molecular weight excluding hydrogens is 289 g/mol. The van der Waals surface area contributed by atoms with Gasteiger partial charge in [-0.2, -0.15) is 13.2 Å². The van der Waals surface area contributed by atoms with E-state index in [9.17, 15) is 13.2 Å². The molecule has 0 amide bonds. The lowest BCUT2D eigenvalue weighted by atomic mass is 9.95. The van der Waals surface area contributed by atoms with Crippen LogP contribution < -0.4 is 4.74 Å². The van der Waals surface area contributed by atoms with Gasteiger partial charge in [0.15, 0.2) is 0 Å². The molecule has 0 aliphatic heterocycles. The molecule has 0 aromatic heterocycles. The molecule has 5 heteroatoms. The minimum Gasteiger partial charge on any atom is -0.497 e. The van der Waals surface area contributed by atoms with E-state index in [1.807, 2.05) is 0 Å². The van der Waals surface area contributed by atoms with E-state index in [-0.39, 0.29) is 10.6 Å². The van der Waals surface area contributed by atoms with Crippen molar-refractivity contribution in [3.8, 4) is 16.9 Å². The normalized spacial score (nSPS) is 11.5. The first-order valence-electron chi connectivity index (χ1n) is 5.84. The lowest BCUT2D eigenvalue weighted by Crippen LogP contribution is -2.07.